The van der Waals surface area contributed by atoms with Crippen LogP contribution in [-0.4, -0.2) is 23.7 Å². The van der Waals surface area contributed by atoms with E-state index >= 15 is 0 Å². The highest BCUT2D eigenvalue weighted by atomic mass is 19.1. The fraction of sp³-hybridized carbons (Fsp3) is 0.391. The van der Waals surface area contributed by atoms with Crippen molar-refractivity contribution in [2.45, 2.75) is 44.9 Å². The van der Waals surface area contributed by atoms with Gasteiger partial charge in [0.05, 0.1) is 5.92 Å². The minimum absolute atomic E-state index is 0.319. The maximum atomic E-state index is 14.6. The monoisotopic (exact) mass is 399 g/mol. The van der Waals surface area contributed by atoms with Crippen molar-refractivity contribution < 1.29 is 23.8 Å². The lowest BCUT2D eigenvalue weighted by Crippen LogP contribution is -2.32. The molecule has 0 bridgehead atoms. The summed E-state index contributed by atoms with van der Waals surface area (Å²) in [6.07, 6.45) is 5.43. The van der Waals surface area contributed by atoms with Gasteiger partial charge in [-0.15, -0.1) is 0 Å². The molecule has 6 heteroatoms. The maximum absolute atomic E-state index is 14.6. The highest BCUT2D eigenvalue weighted by molar-refractivity contribution is 5.76. The van der Waals surface area contributed by atoms with Gasteiger partial charge in [0, 0.05) is 12.1 Å². The van der Waals surface area contributed by atoms with E-state index in [1.807, 2.05) is 0 Å². The second-order valence-corrected chi connectivity index (χ2v) is 7.60. The number of benzene rings is 2. The molecule has 5 nitrogen and oxygen atoms in total. The van der Waals surface area contributed by atoms with E-state index in [-0.39, 0.29) is 0 Å². The largest absolute Gasteiger partial charge is 0.481 e. The molecule has 2 N–H and O–H groups in total. The topological polar surface area (TPSA) is 75.6 Å². The molecule has 0 radical (unpaired) electrons. The molecule has 1 aliphatic carbocycles. The standard InChI is InChI=1S/C23H26FNO4/c1-15(22(26)27)17-10-11-20(21(24)13-17)18-8-5-9-19(12-18)29-23(28)25-14-16-6-3-2-4-7-16/h5,8-13,15-16H,2-4,6-7,14H2,1H3,(H,25,28)(H,26,27). The van der Waals surface area contributed by atoms with E-state index < -0.39 is 23.8 Å². The Balaban J connectivity index is 1.66. The summed E-state index contributed by atoms with van der Waals surface area (Å²) in [7, 11) is 0. The van der Waals surface area contributed by atoms with Crippen LogP contribution in [0.15, 0.2) is 42.5 Å². The van der Waals surface area contributed by atoms with E-state index in [1.165, 1.54) is 32.3 Å². The molecule has 29 heavy (non-hydrogen) atoms. The molecule has 1 atom stereocenters. The normalized spacial score (nSPS) is 15.5. The number of ether oxygens (including phenoxy) is 1. The molecule has 1 fully saturated rings. The fourth-order valence-electron chi connectivity index (χ4n) is 3.67. The number of rotatable bonds is 6. The van der Waals surface area contributed by atoms with Gasteiger partial charge in [0.15, 0.2) is 0 Å². The summed E-state index contributed by atoms with van der Waals surface area (Å²) in [4.78, 5) is 23.2. The van der Waals surface area contributed by atoms with Crippen LogP contribution in [0.1, 0.15) is 50.5 Å². The third kappa shape index (κ3) is 5.56. The first-order valence-electron chi connectivity index (χ1n) is 10.0. The Morgan fingerprint density at radius 3 is 2.62 bits per heavy atom. The van der Waals surface area contributed by atoms with E-state index in [4.69, 9.17) is 9.84 Å². The van der Waals surface area contributed by atoms with Crippen LogP contribution in [0.2, 0.25) is 0 Å². The second kappa shape index (κ2) is 9.54. The van der Waals surface area contributed by atoms with Crippen LogP contribution >= 0.6 is 0 Å². The number of carboxylic acids is 1. The smallest absolute Gasteiger partial charge is 0.412 e. The van der Waals surface area contributed by atoms with Crippen LogP contribution in [0.3, 0.4) is 0 Å². The number of halogens is 1. The molecule has 0 spiro atoms. The highest BCUT2D eigenvalue weighted by Gasteiger charge is 2.17. The van der Waals surface area contributed by atoms with Crippen LogP contribution in [-0.2, 0) is 4.79 Å². The number of carbonyl (C=O) groups is 2. The number of hydrogen-bond donors (Lipinski definition) is 2. The molecule has 3 rings (SSSR count). The number of carboxylic acid groups (broad SMARTS) is 1. The molecule has 1 aliphatic rings. The maximum Gasteiger partial charge on any atom is 0.412 e. The summed E-state index contributed by atoms with van der Waals surface area (Å²) in [5, 5.41) is 11.9. The number of nitrogens with one attached hydrogen (secondary N) is 1. The van der Waals surface area contributed by atoms with Crippen LogP contribution in [0.4, 0.5) is 9.18 Å². The average molecular weight is 399 g/mol. The third-order valence-corrected chi connectivity index (χ3v) is 5.48. The number of carbonyl (C=O) groups excluding carboxylic acids is 1. The quantitative estimate of drug-likeness (QED) is 0.687. The first kappa shape index (κ1) is 20.8. The van der Waals surface area contributed by atoms with Crippen molar-refractivity contribution in [3.05, 3.63) is 53.8 Å². The summed E-state index contributed by atoms with van der Waals surface area (Å²) < 4.78 is 19.9. The van der Waals surface area contributed by atoms with Gasteiger partial charge in [-0.05, 0) is 55.0 Å². The summed E-state index contributed by atoms with van der Waals surface area (Å²) in [5.41, 5.74) is 1.27. The van der Waals surface area contributed by atoms with E-state index in [1.54, 1.807) is 36.4 Å². The lowest BCUT2D eigenvalue weighted by Gasteiger charge is -2.21. The summed E-state index contributed by atoms with van der Waals surface area (Å²) >= 11 is 0. The molecule has 0 heterocycles. The fourth-order valence-corrected chi connectivity index (χ4v) is 3.67. The average Bonchev–Trinajstić information content (AvgIpc) is 2.72. The predicted molar refractivity (Wildman–Crippen MR) is 108 cm³/mol. The second-order valence-electron chi connectivity index (χ2n) is 7.60. The first-order valence-corrected chi connectivity index (χ1v) is 10.0. The van der Waals surface area contributed by atoms with Crippen molar-refractivity contribution in [1.29, 1.82) is 0 Å². The summed E-state index contributed by atoms with van der Waals surface area (Å²) in [5.74, 6) is -1.49. The molecule has 2 aromatic carbocycles. The third-order valence-electron chi connectivity index (χ3n) is 5.48. The SMILES string of the molecule is CC(C(=O)O)c1ccc(-c2cccc(OC(=O)NCC3CCCCC3)c2)c(F)c1. The van der Waals surface area contributed by atoms with Gasteiger partial charge >= 0.3 is 12.1 Å². The van der Waals surface area contributed by atoms with Crippen molar-refractivity contribution in [3.8, 4) is 16.9 Å². The Morgan fingerprint density at radius 1 is 1.17 bits per heavy atom. The van der Waals surface area contributed by atoms with Crippen molar-refractivity contribution in [1.82, 2.24) is 5.32 Å². The van der Waals surface area contributed by atoms with Crippen LogP contribution < -0.4 is 10.1 Å². The highest BCUT2D eigenvalue weighted by Crippen LogP contribution is 2.29. The molecular formula is C23H26FNO4. The number of amides is 1. The Kier molecular flexibility index (Phi) is 6.86. The number of aliphatic carboxylic acids is 1. The molecule has 1 unspecified atom stereocenters. The molecule has 2 aromatic rings. The zero-order chi connectivity index (χ0) is 20.8. The van der Waals surface area contributed by atoms with E-state index in [2.05, 4.69) is 5.32 Å². The molecule has 0 saturated heterocycles. The lowest BCUT2D eigenvalue weighted by molar-refractivity contribution is -0.138. The van der Waals surface area contributed by atoms with E-state index in [0.717, 1.165) is 12.8 Å². The van der Waals surface area contributed by atoms with Crippen LogP contribution in [0.25, 0.3) is 11.1 Å². The minimum atomic E-state index is -1.01. The molecule has 0 aromatic heterocycles. The Hall–Kier alpha value is -2.89. The van der Waals surface area contributed by atoms with Gasteiger partial charge < -0.3 is 15.2 Å². The minimum Gasteiger partial charge on any atom is -0.481 e. The zero-order valence-corrected chi connectivity index (χ0v) is 16.5. The van der Waals surface area contributed by atoms with E-state index in [9.17, 15) is 14.0 Å². The molecule has 0 aliphatic heterocycles. The van der Waals surface area contributed by atoms with Gasteiger partial charge in [-0.3, -0.25) is 4.79 Å². The lowest BCUT2D eigenvalue weighted by atomic mass is 9.89. The molecule has 1 saturated carbocycles. The zero-order valence-electron chi connectivity index (χ0n) is 16.5. The van der Waals surface area contributed by atoms with Crippen molar-refractivity contribution in [3.63, 3.8) is 0 Å². The first-order chi connectivity index (χ1) is 13.9. The predicted octanol–water partition coefficient (Wildman–Crippen LogP) is 5.35. The van der Waals surface area contributed by atoms with Gasteiger partial charge in [-0.1, -0.05) is 43.5 Å². The Labute approximate surface area is 169 Å². The summed E-state index contributed by atoms with van der Waals surface area (Å²) in [6, 6.07) is 11.0. The van der Waals surface area contributed by atoms with Gasteiger partial charge in [0.25, 0.3) is 0 Å². The van der Waals surface area contributed by atoms with Crippen LogP contribution in [0, 0.1) is 11.7 Å². The van der Waals surface area contributed by atoms with Gasteiger partial charge in [0.2, 0.25) is 0 Å². The van der Waals surface area contributed by atoms with E-state index in [0.29, 0.717) is 34.9 Å². The van der Waals surface area contributed by atoms with Gasteiger partial charge in [-0.25, -0.2) is 9.18 Å². The molecular weight excluding hydrogens is 373 g/mol. The van der Waals surface area contributed by atoms with Crippen molar-refractivity contribution in [2.75, 3.05) is 6.54 Å². The van der Waals surface area contributed by atoms with Crippen molar-refractivity contribution >= 4 is 12.1 Å². The number of hydrogen-bond acceptors (Lipinski definition) is 3. The molecule has 154 valence electrons. The van der Waals surface area contributed by atoms with Crippen molar-refractivity contribution in [2.24, 2.45) is 5.92 Å². The Morgan fingerprint density at radius 2 is 1.93 bits per heavy atom. The van der Waals surface area contributed by atoms with Gasteiger partial charge in [-0.2, -0.15) is 0 Å². The molecule has 1 amide bonds. The van der Waals surface area contributed by atoms with Crippen LogP contribution in [0.5, 0.6) is 5.75 Å². The Bertz CT molecular complexity index is 877. The summed E-state index contributed by atoms with van der Waals surface area (Å²) in [6.45, 7) is 2.12. The van der Waals surface area contributed by atoms with Gasteiger partial charge in [0.1, 0.15) is 11.6 Å².